The molecule has 2 aliphatic heterocycles. The number of carbonyl (C=O) groups is 1. The van der Waals surface area contributed by atoms with Gasteiger partial charge in [0.15, 0.2) is 5.69 Å². The number of nitrogens with one attached hydrogen (secondary N) is 1. The average Bonchev–Trinajstić information content (AvgIpc) is 3.11. The molecule has 2 aliphatic rings. The third-order valence-electron chi connectivity index (χ3n) is 5.26. The molecule has 0 bridgehead atoms. The Morgan fingerprint density at radius 1 is 1.35 bits per heavy atom. The fraction of sp³-hybridized carbons (Fsp3) is 0.500. The molecule has 26 heavy (non-hydrogen) atoms. The Labute approximate surface area is 154 Å². The summed E-state index contributed by atoms with van der Waals surface area (Å²) in [5, 5.41) is 7.82. The molecule has 0 saturated carbocycles. The van der Waals surface area contributed by atoms with Gasteiger partial charge >= 0.3 is 0 Å². The molecular weight excluding hydrogens is 328 g/mol. The number of benzene rings is 1. The zero-order valence-corrected chi connectivity index (χ0v) is 15.3. The number of hydrogen-bond acceptors (Lipinski definition) is 4. The van der Waals surface area contributed by atoms with Crippen LogP contribution in [0.25, 0.3) is 0 Å². The molecule has 1 N–H and O–H groups in total. The Hall–Kier alpha value is -2.34. The van der Waals surface area contributed by atoms with Gasteiger partial charge in [-0.05, 0) is 37.5 Å². The van der Waals surface area contributed by atoms with Crippen molar-refractivity contribution < 1.29 is 9.53 Å². The summed E-state index contributed by atoms with van der Waals surface area (Å²) in [5.41, 5.74) is 2.81. The summed E-state index contributed by atoms with van der Waals surface area (Å²) in [4.78, 5) is 14.8. The average molecular weight is 354 g/mol. The molecule has 138 valence electrons. The fourth-order valence-corrected chi connectivity index (χ4v) is 3.77. The summed E-state index contributed by atoms with van der Waals surface area (Å²) in [6.07, 6.45) is 2.11. The van der Waals surface area contributed by atoms with Gasteiger partial charge in [-0.1, -0.05) is 18.2 Å². The summed E-state index contributed by atoms with van der Waals surface area (Å²) in [6, 6.07) is 10.0. The number of ether oxygens (including phenoxy) is 1. The van der Waals surface area contributed by atoms with E-state index in [1.54, 1.807) is 0 Å². The molecule has 0 radical (unpaired) electrons. The minimum Gasteiger partial charge on any atom is -0.493 e. The molecule has 3 heterocycles. The highest BCUT2D eigenvalue weighted by Crippen LogP contribution is 2.22. The van der Waals surface area contributed by atoms with Crippen molar-refractivity contribution in [3.63, 3.8) is 0 Å². The smallest absolute Gasteiger partial charge is 0.274 e. The van der Waals surface area contributed by atoms with E-state index in [9.17, 15) is 4.79 Å². The van der Waals surface area contributed by atoms with E-state index in [1.807, 2.05) is 33.8 Å². The number of fused-ring (bicyclic) bond motifs is 1. The Morgan fingerprint density at radius 3 is 3.08 bits per heavy atom. The molecule has 1 aromatic heterocycles. The third-order valence-corrected chi connectivity index (χ3v) is 5.26. The van der Waals surface area contributed by atoms with Crippen LogP contribution in [-0.4, -0.2) is 46.8 Å². The number of aromatic nitrogens is 2. The van der Waals surface area contributed by atoms with Crippen molar-refractivity contribution in [3.8, 4) is 5.75 Å². The molecular formula is C20H26N4O2. The lowest BCUT2D eigenvalue weighted by Gasteiger charge is -2.32. The van der Waals surface area contributed by atoms with Crippen molar-refractivity contribution in [2.45, 2.75) is 32.9 Å². The van der Waals surface area contributed by atoms with Crippen LogP contribution in [0.15, 0.2) is 30.3 Å². The predicted octanol–water partition coefficient (Wildman–Crippen LogP) is 2.23. The first-order valence-corrected chi connectivity index (χ1v) is 9.46. The maximum atomic E-state index is 12.9. The Morgan fingerprint density at radius 2 is 2.23 bits per heavy atom. The summed E-state index contributed by atoms with van der Waals surface area (Å²) < 4.78 is 7.96. The van der Waals surface area contributed by atoms with Crippen molar-refractivity contribution in [1.29, 1.82) is 0 Å². The van der Waals surface area contributed by atoms with Crippen LogP contribution in [0.1, 0.15) is 34.6 Å². The highest BCUT2D eigenvalue weighted by atomic mass is 16.5. The van der Waals surface area contributed by atoms with Crippen LogP contribution in [0.4, 0.5) is 0 Å². The van der Waals surface area contributed by atoms with Gasteiger partial charge in [0.05, 0.1) is 18.8 Å². The molecule has 1 atom stereocenters. The van der Waals surface area contributed by atoms with Crippen molar-refractivity contribution in [2.75, 3.05) is 26.2 Å². The number of rotatable bonds is 4. The molecule has 2 aromatic rings. The molecule has 0 spiro atoms. The first-order valence-electron chi connectivity index (χ1n) is 9.46. The van der Waals surface area contributed by atoms with E-state index in [-0.39, 0.29) is 5.91 Å². The third kappa shape index (κ3) is 3.60. The number of amides is 1. The molecule has 1 aromatic carbocycles. The van der Waals surface area contributed by atoms with Gasteiger partial charge in [-0.15, -0.1) is 0 Å². The zero-order chi connectivity index (χ0) is 17.9. The number of aryl methyl sites for hydroxylation is 1. The van der Waals surface area contributed by atoms with Gasteiger partial charge in [-0.3, -0.25) is 9.48 Å². The lowest BCUT2D eigenvalue weighted by atomic mass is 9.98. The SMILES string of the molecule is Cc1ccccc1OCC1CCCN(C(=O)c2cc3n(n2)CCNC3)C1. The van der Waals surface area contributed by atoms with Crippen molar-refractivity contribution in [2.24, 2.45) is 5.92 Å². The monoisotopic (exact) mass is 354 g/mol. The first-order chi connectivity index (χ1) is 12.7. The normalized spacial score (nSPS) is 19.9. The van der Waals surface area contributed by atoms with Crippen LogP contribution < -0.4 is 10.1 Å². The van der Waals surface area contributed by atoms with E-state index < -0.39 is 0 Å². The predicted molar refractivity (Wildman–Crippen MR) is 99.2 cm³/mol. The molecule has 1 fully saturated rings. The van der Waals surface area contributed by atoms with Gasteiger partial charge in [-0.2, -0.15) is 5.10 Å². The van der Waals surface area contributed by atoms with E-state index in [2.05, 4.69) is 23.4 Å². The lowest BCUT2D eigenvalue weighted by Crippen LogP contribution is -2.41. The number of para-hydroxylation sites is 1. The summed E-state index contributed by atoms with van der Waals surface area (Å²) in [6.45, 7) is 6.78. The van der Waals surface area contributed by atoms with E-state index in [1.165, 1.54) is 0 Å². The molecule has 0 aliphatic carbocycles. The summed E-state index contributed by atoms with van der Waals surface area (Å²) >= 11 is 0. The molecule has 1 amide bonds. The van der Waals surface area contributed by atoms with Gasteiger partial charge < -0.3 is 15.0 Å². The fourth-order valence-electron chi connectivity index (χ4n) is 3.77. The van der Waals surface area contributed by atoms with Crippen LogP contribution in [0.5, 0.6) is 5.75 Å². The maximum Gasteiger partial charge on any atom is 0.274 e. The first kappa shape index (κ1) is 17.1. The Bertz CT molecular complexity index is 762. The van der Waals surface area contributed by atoms with Crippen LogP contribution in [0.2, 0.25) is 0 Å². The zero-order valence-electron chi connectivity index (χ0n) is 15.3. The Kier molecular flexibility index (Phi) is 4.93. The van der Waals surface area contributed by atoms with E-state index in [0.717, 1.165) is 62.6 Å². The lowest BCUT2D eigenvalue weighted by molar-refractivity contribution is 0.0626. The number of likely N-dealkylation sites (tertiary alicyclic amines) is 1. The largest absolute Gasteiger partial charge is 0.493 e. The quantitative estimate of drug-likeness (QED) is 0.915. The molecule has 6 nitrogen and oxygen atoms in total. The topological polar surface area (TPSA) is 59.4 Å². The maximum absolute atomic E-state index is 12.9. The summed E-state index contributed by atoms with van der Waals surface area (Å²) in [5.74, 6) is 1.35. The van der Waals surface area contributed by atoms with Gasteiger partial charge in [0, 0.05) is 32.1 Å². The van der Waals surface area contributed by atoms with Crippen molar-refractivity contribution in [1.82, 2.24) is 20.0 Å². The highest BCUT2D eigenvalue weighted by molar-refractivity contribution is 5.92. The highest BCUT2D eigenvalue weighted by Gasteiger charge is 2.27. The second-order valence-electron chi connectivity index (χ2n) is 7.26. The standard InChI is InChI=1S/C20H26N4O2/c1-15-5-2-3-7-19(15)26-14-16-6-4-9-23(13-16)20(25)18-11-17-12-21-8-10-24(17)22-18/h2-3,5,7,11,16,21H,4,6,8-10,12-14H2,1H3. The van der Waals surface area contributed by atoms with Crippen LogP contribution in [0.3, 0.4) is 0 Å². The second-order valence-corrected chi connectivity index (χ2v) is 7.26. The van der Waals surface area contributed by atoms with Crippen LogP contribution in [0, 0.1) is 12.8 Å². The summed E-state index contributed by atoms with van der Waals surface area (Å²) in [7, 11) is 0. The van der Waals surface area contributed by atoms with E-state index >= 15 is 0 Å². The molecule has 4 rings (SSSR count). The molecule has 1 unspecified atom stereocenters. The van der Waals surface area contributed by atoms with Gasteiger partial charge in [0.25, 0.3) is 5.91 Å². The Balaban J connectivity index is 1.37. The van der Waals surface area contributed by atoms with Gasteiger partial charge in [-0.25, -0.2) is 0 Å². The van der Waals surface area contributed by atoms with Gasteiger partial charge in [0.1, 0.15) is 5.75 Å². The minimum atomic E-state index is 0.0486. The van der Waals surface area contributed by atoms with Crippen LogP contribution in [-0.2, 0) is 13.1 Å². The number of hydrogen-bond donors (Lipinski definition) is 1. The molecule has 1 saturated heterocycles. The van der Waals surface area contributed by atoms with Gasteiger partial charge in [0.2, 0.25) is 0 Å². The minimum absolute atomic E-state index is 0.0486. The van der Waals surface area contributed by atoms with Crippen molar-refractivity contribution in [3.05, 3.63) is 47.3 Å². The van der Waals surface area contributed by atoms with Crippen molar-refractivity contribution >= 4 is 5.91 Å². The molecule has 6 heteroatoms. The van der Waals surface area contributed by atoms with Crippen LogP contribution >= 0.6 is 0 Å². The second kappa shape index (κ2) is 7.50. The number of carbonyl (C=O) groups excluding carboxylic acids is 1. The number of piperidine rings is 1. The van der Waals surface area contributed by atoms with E-state index in [0.29, 0.717) is 18.2 Å². The van der Waals surface area contributed by atoms with E-state index in [4.69, 9.17) is 4.74 Å². The number of nitrogens with zero attached hydrogens (tertiary/aromatic N) is 3.